The zero-order chi connectivity index (χ0) is 25.4. The van der Waals surface area contributed by atoms with Crippen molar-refractivity contribution in [2.24, 2.45) is 0 Å². The lowest BCUT2D eigenvalue weighted by Gasteiger charge is -2.13. The van der Waals surface area contributed by atoms with Gasteiger partial charge in [0.15, 0.2) is 0 Å². The molecule has 0 unspecified atom stereocenters. The maximum absolute atomic E-state index is 12.7. The van der Waals surface area contributed by atoms with E-state index in [4.69, 9.17) is 25.8 Å². The van der Waals surface area contributed by atoms with Crippen molar-refractivity contribution < 1.29 is 19.0 Å². The highest BCUT2D eigenvalue weighted by Gasteiger charge is 2.14. The van der Waals surface area contributed by atoms with Crippen LogP contribution in [0.4, 0.5) is 0 Å². The van der Waals surface area contributed by atoms with Gasteiger partial charge in [-0.15, -0.1) is 0 Å². The van der Waals surface area contributed by atoms with Crippen LogP contribution in [0.15, 0.2) is 69.1 Å². The molecular formula is C26H21Br2ClN2O4. The Labute approximate surface area is 225 Å². The van der Waals surface area contributed by atoms with Crippen molar-refractivity contribution in [2.75, 3.05) is 14.2 Å². The fourth-order valence-corrected chi connectivity index (χ4v) is 4.79. The van der Waals surface area contributed by atoms with Crippen LogP contribution in [0.25, 0.3) is 6.08 Å². The summed E-state index contributed by atoms with van der Waals surface area (Å²) in [6, 6.07) is 18.2. The molecule has 0 fully saturated rings. The van der Waals surface area contributed by atoms with Gasteiger partial charge in [-0.05, 0) is 73.8 Å². The molecule has 180 valence electrons. The number of hydrogen-bond donors (Lipinski definition) is 1. The highest BCUT2D eigenvalue weighted by molar-refractivity contribution is 9.11. The number of amides is 1. The fourth-order valence-electron chi connectivity index (χ4n) is 3.15. The van der Waals surface area contributed by atoms with Crippen LogP contribution >= 0.6 is 43.5 Å². The van der Waals surface area contributed by atoms with Crippen LogP contribution in [-0.4, -0.2) is 20.1 Å². The first kappa shape index (κ1) is 26.6. The number of nitrogens with one attached hydrogen (secondary N) is 1. The van der Waals surface area contributed by atoms with E-state index in [2.05, 4.69) is 37.2 Å². The van der Waals surface area contributed by atoms with E-state index in [1.165, 1.54) is 13.2 Å². The number of benzene rings is 3. The van der Waals surface area contributed by atoms with Gasteiger partial charge in [-0.3, -0.25) is 4.79 Å². The topological polar surface area (TPSA) is 80.6 Å². The SMILES string of the molecule is COc1ccc(CNC(=O)/C(C#N)=C/c2cc(Br)c(OCc3ccccc3Cl)c(Br)c2)c(OC)c1. The molecule has 0 atom stereocenters. The number of halogens is 3. The van der Waals surface area contributed by atoms with Crippen LogP contribution in [0.1, 0.15) is 16.7 Å². The molecule has 0 saturated heterocycles. The smallest absolute Gasteiger partial charge is 0.262 e. The number of nitrogens with zero attached hydrogens (tertiary/aromatic N) is 1. The van der Waals surface area contributed by atoms with E-state index in [1.54, 1.807) is 43.5 Å². The van der Waals surface area contributed by atoms with Gasteiger partial charge in [-0.1, -0.05) is 29.8 Å². The Balaban J connectivity index is 1.73. The molecule has 35 heavy (non-hydrogen) atoms. The summed E-state index contributed by atoms with van der Waals surface area (Å²) < 4.78 is 17.8. The maximum atomic E-state index is 12.7. The second-order valence-corrected chi connectivity index (χ2v) is 9.34. The van der Waals surface area contributed by atoms with Crippen LogP contribution in [0.2, 0.25) is 5.02 Å². The van der Waals surface area contributed by atoms with Crippen molar-refractivity contribution >= 4 is 55.4 Å². The Kier molecular flexibility index (Phi) is 9.61. The molecule has 0 saturated carbocycles. The highest BCUT2D eigenvalue weighted by Crippen LogP contribution is 2.36. The molecule has 1 amide bonds. The minimum Gasteiger partial charge on any atom is -0.497 e. The Morgan fingerprint density at radius 2 is 1.77 bits per heavy atom. The Morgan fingerprint density at radius 3 is 2.40 bits per heavy atom. The van der Waals surface area contributed by atoms with Gasteiger partial charge in [0.1, 0.15) is 35.5 Å². The number of nitriles is 1. The maximum Gasteiger partial charge on any atom is 0.262 e. The van der Waals surface area contributed by atoms with Crippen LogP contribution < -0.4 is 19.5 Å². The van der Waals surface area contributed by atoms with Gasteiger partial charge in [0.05, 0.1) is 23.2 Å². The lowest BCUT2D eigenvalue weighted by molar-refractivity contribution is -0.117. The number of hydrogen-bond acceptors (Lipinski definition) is 5. The first-order chi connectivity index (χ1) is 16.9. The summed E-state index contributed by atoms with van der Waals surface area (Å²) in [6.07, 6.45) is 1.51. The number of methoxy groups -OCH3 is 2. The van der Waals surface area contributed by atoms with E-state index >= 15 is 0 Å². The Bertz CT molecular complexity index is 1280. The van der Waals surface area contributed by atoms with Crippen molar-refractivity contribution in [3.05, 3.63) is 90.8 Å². The van der Waals surface area contributed by atoms with Gasteiger partial charge >= 0.3 is 0 Å². The van der Waals surface area contributed by atoms with E-state index in [-0.39, 0.29) is 18.7 Å². The molecule has 0 heterocycles. The zero-order valence-electron chi connectivity index (χ0n) is 18.9. The summed E-state index contributed by atoms with van der Waals surface area (Å²) in [7, 11) is 3.10. The van der Waals surface area contributed by atoms with Crippen molar-refractivity contribution in [3.63, 3.8) is 0 Å². The highest BCUT2D eigenvalue weighted by atomic mass is 79.9. The largest absolute Gasteiger partial charge is 0.497 e. The molecule has 3 aromatic rings. The van der Waals surface area contributed by atoms with Crippen molar-refractivity contribution in [1.29, 1.82) is 5.26 Å². The number of rotatable bonds is 9. The first-order valence-corrected chi connectivity index (χ1v) is 12.3. The molecule has 0 aliphatic carbocycles. The van der Waals surface area contributed by atoms with E-state index in [1.807, 2.05) is 24.3 Å². The predicted octanol–water partition coefficient (Wildman–Crippen LogP) is 6.68. The average Bonchev–Trinajstić information content (AvgIpc) is 2.86. The van der Waals surface area contributed by atoms with Gasteiger partial charge in [0.25, 0.3) is 5.91 Å². The van der Waals surface area contributed by atoms with Crippen LogP contribution in [0, 0.1) is 11.3 Å². The fraction of sp³-hybridized carbons (Fsp3) is 0.154. The summed E-state index contributed by atoms with van der Waals surface area (Å²) in [6.45, 7) is 0.472. The van der Waals surface area contributed by atoms with Gasteiger partial charge in [0, 0.05) is 28.8 Å². The lowest BCUT2D eigenvalue weighted by atomic mass is 10.1. The molecule has 3 aromatic carbocycles. The molecular weight excluding hydrogens is 600 g/mol. The summed E-state index contributed by atoms with van der Waals surface area (Å²) in [5, 5.41) is 12.9. The second kappa shape index (κ2) is 12.6. The summed E-state index contributed by atoms with van der Waals surface area (Å²) in [5.74, 6) is 1.30. The van der Waals surface area contributed by atoms with Crippen LogP contribution in [0.3, 0.4) is 0 Å². The van der Waals surface area contributed by atoms with Crippen LogP contribution in [-0.2, 0) is 17.9 Å². The van der Waals surface area contributed by atoms with E-state index < -0.39 is 5.91 Å². The van der Waals surface area contributed by atoms with E-state index in [0.29, 0.717) is 36.8 Å². The molecule has 0 radical (unpaired) electrons. The molecule has 0 bridgehead atoms. The Hall–Kier alpha value is -2.99. The summed E-state index contributed by atoms with van der Waals surface area (Å²) >= 11 is 13.2. The van der Waals surface area contributed by atoms with Gasteiger partial charge in [-0.2, -0.15) is 5.26 Å². The third kappa shape index (κ3) is 7.01. The minimum absolute atomic E-state index is 0.0407. The lowest BCUT2D eigenvalue weighted by Crippen LogP contribution is -2.24. The molecule has 1 N–H and O–H groups in total. The van der Waals surface area contributed by atoms with Crippen molar-refractivity contribution in [1.82, 2.24) is 5.32 Å². The van der Waals surface area contributed by atoms with Gasteiger partial charge in [-0.25, -0.2) is 0 Å². The minimum atomic E-state index is -0.503. The van der Waals surface area contributed by atoms with Crippen LogP contribution in [0.5, 0.6) is 17.2 Å². The van der Waals surface area contributed by atoms with Crippen molar-refractivity contribution in [3.8, 4) is 23.3 Å². The standard InChI is InChI=1S/C26H21Br2ClN2O4/c1-33-20-8-7-17(24(12-20)34-2)14-31-26(32)19(13-30)9-16-10-21(27)25(22(28)11-16)35-15-18-5-3-4-6-23(18)29/h3-12H,14-15H2,1-2H3,(H,31,32)/b19-9+. The molecule has 6 nitrogen and oxygen atoms in total. The normalized spacial score (nSPS) is 10.9. The third-order valence-corrected chi connectivity index (χ3v) is 6.51. The van der Waals surface area contributed by atoms with Crippen molar-refractivity contribution in [2.45, 2.75) is 13.2 Å². The number of carbonyl (C=O) groups is 1. The molecule has 0 aliphatic heterocycles. The Morgan fingerprint density at radius 1 is 1.06 bits per heavy atom. The zero-order valence-corrected chi connectivity index (χ0v) is 22.8. The summed E-state index contributed by atoms with van der Waals surface area (Å²) in [5.41, 5.74) is 2.21. The van der Waals surface area contributed by atoms with Gasteiger partial charge < -0.3 is 19.5 Å². The molecule has 0 aliphatic rings. The third-order valence-electron chi connectivity index (χ3n) is 4.96. The van der Waals surface area contributed by atoms with E-state index in [0.717, 1.165) is 11.1 Å². The molecule has 9 heteroatoms. The predicted molar refractivity (Wildman–Crippen MR) is 143 cm³/mol. The first-order valence-electron chi connectivity index (χ1n) is 10.3. The summed E-state index contributed by atoms with van der Waals surface area (Å²) in [4.78, 5) is 12.7. The second-order valence-electron chi connectivity index (χ2n) is 7.22. The average molecular weight is 621 g/mol. The number of ether oxygens (including phenoxy) is 3. The number of carbonyl (C=O) groups excluding carboxylic acids is 1. The quantitative estimate of drug-likeness (QED) is 0.213. The molecule has 3 rings (SSSR count). The molecule has 0 spiro atoms. The van der Waals surface area contributed by atoms with Gasteiger partial charge in [0.2, 0.25) is 0 Å². The monoisotopic (exact) mass is 618 g/mol. The molecule has 0 aromatic heterocycles. The van der Waals surface area contributed by atoms with E-state index in [9.17, 15) is 10.1 Å².